The predicted octanol–water partition coefficient (Wildman–Crippen LogP) is 0.605. The van der Waals surface area contributed by atoms with Gasteiger partial charge < -0.3 is 5.11 Å². The first-order valence-corrected chi connectivity index (χ1v) is 4.16. The highest BCUT2D eigenvalue weighted by molar-refractivity contribution is 5.07. The van der Waals surface area contributed by atoms with Crippen molar-refractivity contribution < 1.29 is 5.11 Å². The van der Waals surface area contributed by atoms with Crippen molar-refractivity contribution in [1.29, 1.82) is 0 Å². The van der Waals surface area contributed by atoms with Crippen LogP contribution in [0.3, 0.4) is 0 Å². The summed E-state index contributed by atoms with van der Waals surface area (Å²) in [4.78, 5) is 2.45. The summed E-state index contributed by atoms with van der Waals surface area (Å²) in [7, 11) is 0. The Kier molecular flexibility index (Phi) is 1.29. The largest absolute Gasteiger partial charge is 0.394 e. The standard InChI is InChI=1S/C8H15NO/c1-7-2-5-9(7)8(6-10)3-4-8/h7,10H,2-6H2,1H3. The molecule has 0 bridgehead atoms. The molecule has 2 nitrogen and oxygen atoms in total. The van der Waals surface area contributed by atoms with Gasteiger partial charge in [0.15, 0.2) is 0 Å². The van der Waals surface area contributed by atoms with Gasteiger partial charge in [-0.15, -0.1) is 0 Å². The molecule has 1 saturated carbocycles. The van der Waals surface area contributed by atoms with Crippen molar-refractivity contribution in [2.75, 3.05) is 13.2 Å². The second kappa shape index (κ2) is 1.95. The van der Waals surface area contributed by atoms with E-state index >= 15 is 0 Å². The first-order valence-electron chi connectivity index (χ1n) is 4.16. The van der Waals surface area contributed by atoms with Crippen LogP contribution in [0.5, 0.6) is 0 Å². The lowest BCUT2D eigenvalue weighted by molar-refractivity contribution is 0.00733. The van der Waals surface area contributed by atoms with Gasteiger partial charge in [0, 0.05) is 18.1 Å². The highest BCUT2D eigenvalue weighted by Gasteiger charge is 2.51. The molecule has 10 heavy (non-hydrogen) atoms. The normalized spacial score (nSPS) is 37.2. The zero-order valence-corrected chi connectivity index (χ0v) is 6.51. The Bertz CT molecular complexity index is 142. The predicted molar refractivity (Wildman–Crippen MR) is 39.8 cm³/mol. The Morgan fingerprint density at radius 3 is 2.40 bits per heavy atom. The molecule has 2 fully saturated rings. The molecule has 1 atom stereocenters. The third-order valence-corrected chi connectivity index (χ3v) is 3.05. The molecule has 0 amide bonds. The number of aliphatic hydroxyl groups excluding tert-OH is 1. The summed E-state index contributed by atoms with van der Waals surface area (Å²) >= 11 is 0. The summed E-state index contributed by atoms with van der Waals surface area (Å²) < 4.78 is 0. The molecule has 1 aliphatic heterocycles. The molecule has 2 rings (SSSR count). The average Bonchev–Trinajstić information content (AvgIpc) is 2.67. The zero-order chi connectivity index (χ0) is 7.19. The van der Waals surface area contributed by atoms with Gasteiger partial charge in [-0.3, -0.25) is 4.90 Å². The SMILES string of the molecule is CC1CCN1C1(CO)CC1. The molecule has 0 aromatic heterocycles. The smallest absolute Gasteiger partial charge is 0.0615 e. The second-order valence-electron chi connectivity index (χ2n) is 3.71. The number of nitrogens with zero attached hydrogens (tertiary/aromatic N) is 1. The Labute approximate surface area is 61.8 Å². The maximum atomic E-state index is 9.07. The first-order chi connectivity index (χ1) is 4.78. The molecule has 2 aliphatic rings. The van der Waals surface area contributed by atoms with Gasteiger partial charge in [-0.05, 0) is 26.2 Å². The molecule has 2 heteroatoms. The number of hydrogen-bond acceptors (Lipinski definition) is 2. The summed E-state index contributed by atoms with van der Waals surface area (Å²) in [5.74, 6) is 0. The molecule has 1 heterocycles. The molecule has 0 radical (unpaired) electrons. The van der Waals surface area contributed by atoms with E-state index < -0.39 is 0 Å². The lowest BCUT2D eigenvalue weighted by Crippen LogP contribution is -2.54. The minimum Gasteiger partial charge on any atom is -0.394 e. The van der Waals surface area contributed by atoms with Gasteiger partial charge in [-0.2, -0.15) is 0 Å². The monoisotopic (exact) mass is 141 g/mol. The Morgan fingerprint density at radius 1 is 1.60 bits per heavy atom. The van der Waals surface area contributed by atoms with Gasteiger partial charge in [0.25, 0.3) is 0 Å². The molecule has 0 aromatic rings. The number of aliphatic hydroxyl groups is 1. The van der Waals surface area contributed by atoms with Crippen LogP contribution < -0.4 is 0 Å². The van der Waals surface area contributed by atoms with E-state index in [1.54, 1.807) is 0 Å². The maximum Gasteiger partial charge on any atom is 0.0615 e. The van der Waals surface area contributed by atoms with Crippen LogP contribution >= 0.6 is 0 Å². The number of hydrogen-bond donors (Lipinski definition) is 1. The van der Waals surface area contributed by atoms with E-state index in [1.165, 1.54) is 25.8 Å². The van der Waals surface area contributed by atoms with E-state index in [0.717, 1.165) is 6.04 Å². The fraction of sp³-hybridized carbons (Fsp3) is 1.00. The van der Waals surface area contributed by atoms with E-state index in [0.29, 0.717) is 6.61 Å². The second-order valence-corrected chi connectivity index (χ2v) is 3.71. The van der Waals surface area contributed by atoms with Crippen molar-refractivity contribution in [2.24, 2.45) is 0 Å². The summed E-state index contributed by atoms with van der Waals surface area (Å²) in [6.07, 6.45) is 3.75. The maximum absolute atomic E-state index is 9.07. The molecule has 1 saturated heterocycles. The molecule has 0 aromatic carbocycles. The van der Waals surface area contributed by atoms with Gasteiger partial charge in [-0.1, -0.05) is 0 Å². The molecule has 1 unspecified atom stereocenters. The molecular weight excluding hydrogens is 126 g/mol. The van der Waals surface area contributed by atoms with Gasteiger partial charge >= 0.3 is 0 Å². The number of rotatable bonds is 2. The van der Waals surface area contributed by atoms with Gasteiger partial charge in [0.05, 0.1) is 6.61 Å². The van der Waals surface area contributed by atoms with E-state index in [1.807, 2.05) is 0 Å². The van der Waals surface area contributed by atoms with E-state index in [2.05, 4.69) is 11.8 Å². The highest BCUT2D eigenvalue weighted by Crippen LogP contribution is 2.45. The van der Waals surface area contributed by atoms with Crippen molar-refractivity contribution in [3.63, 3.8) is 0 Å². The van der Waals surface area contributed by atoms with E-state index in [9.17, 15) is 0 Å². The Hall–Kier alpha value is -0.0800. The van der Waals surface area contributed by atoms with Crippen molar-refractivity contribution in [3.8, 4) is 0 Å². The zero-order valence-electron chi connectivity index (χ0n) is 6.51. The van der Waals surface area contributed by atoms with Crippen LogP contribution in [-0.2, 0) is 0 Å². The summed E-state index contributed by atoms with van der Waals surface area (Å²) in [6.45, 7) is 3.83. The molecule has 1 N–H and O–H groups in total. The topological polar surface area (TPSA) is 23.5 Å². The third kappa shape index (κ3) is 0.722. The van der Waals surface area contributed by atoms with Crippen LogP contribution in [0.25, 0.3) is 0 Å². The van der Waals surface area contributed by atoms with Crippen LogP contribution in [0, 0.1) is 0 Å². The van der Waals surface area contributed by atoms with Gasteiger partial charge in [0.1, 0.15) is 0 Å². The quantitative estimate of drug-likeness (QED) is 0.609. The summed E-state index contributed by atoms with van der Waals surface area (Å²) in [5.41, 5.74) is 0.248. The summed E-state index contributed by atoms with van der Waals surface area (Å²) in [6, 6.07) is 0.731. The van der Waals surface area contributed by atoms with Crippen LogP contribution in [0.15, 0.2) is 0 Å². The van der Waals surface area contributed by atoms with Crippen molar-refractivity contribution in [3.05, 3.63) is 0 Å². The van der Waals surface area contributed by atoms with E-state index in [4.69, 9.17) is 5.11 Å². The third-order valence-electron chi connectivity index (χ3n) is 3.05. The van der Waals surface area contributed by atoms with Crippen LogP contribution in [0.4, 0.5) is 0 Å². The minimum absolute atomic E-state index is 0.248. The summed E-state index contributed by atoms with van der Waals surface area (Å²) in [5, 5.41) is 9.07. The van der Waals surface area contributed by atoms with Crippen LogP contribution in [0.1, 0.15) is 26.2 Å². The van der Waals surface area contributed by atoms with Gasteiger partial charge in [-0.25, -0.2) is 0 Å². The lowest BCUT2D eigenvalue weighted by Gasteiger charge is -2.44. The van der Waals surface area contributed by atoms with Crippen LogP contribution in [-0.4, -0.2) is 34.7 Å². The van der Waals surface area contributed by atoms with Crippen molar-refractivity contribution in [2.45, 2.75) is 37.8 Å². The number of likely N-dealkylation sites (tertiary alicyclic amines) is 1. The Balaban J connectivity index is 1.98. The average molecular weight is 141 g/mol. The van der Waals surface area contributed by atoms with Crippen molar-refractivity contribution in [1.82, 2.24) is 4.90 Å². The highest BCUT2D eigenvalue weighted by atomic mass is 16.3. The lowest BCUT2D eigenvalue weighted by atomic mass is 10.0. The van der Waals surface area contributed by atoms with E-state index in [-0.39, 0.29) is 5.54 Å². The molecular formula is C8H15NO. The fourth-order valence-electron chi connectivity index (χ4n) is 1.90. The van der Waals surface area contributed by atoms with Gasteiger partial charge in [0.2, 0.25) is 0 Å². The molecule has 0 spiro atoms. The fourth-order valence-corrected chi connectivity index (χ4v) is 1.90. The minimum atomic E-state index is 0.248. The van der Waals surface area contributed by atoms with Crippen LogP contribution in [0.2, 0.25) is 0 Å². The molecule has 58 valence electrons. The van der Waals surface area contributed by atoms with Crippen molar-refractivity contribution >= 4 is 0 Å². The first kappa shape index (κ1) is 6.62. The molecule has 1 aliphatic carbocycles. The Morgan fingerprint density at radius 2 is 2.30 bits per heavy atom.